The highest BCUT2D eigenvalue weighted by Gasteiger charge is 2.58. The van der Waals surface area contributed by atoms with Crippen molar-refractivity contribution in [2.75, 3.05) is 9.80 Å². The lowest BCUT2D eigenvalue weighted by Gasteiger charge is -2.46. The van der Waals surface area contributed by atoms with Gasteiger partial charge in [-0.2, -0.15) is 0 Å². The third-order valence-electron chi connectivity index (χ3n) is 15.2. The molecule has 318 valence electrons. The van der Waals surface area contributed by atoms with Crippen LogP contribution in [0.4, 0.5) is 34.1 Å². The van der Waals surface area contributed by atoms with Crippen molar-refractivity contribution in [3.8, 4) is 22.3 Å². The molecule has 0 saturated heterocycles. The van der Waals surface area contributed by atoms with Crippen molar-refractivity contribution < 1.29 is 0 Å². The molecule has 2 unspecified atom stereocenters. The van der Waals surface area contributed by atoms with Crippen molar-refractivity contribution in [3.05, 3.63) is 251 Å². The van der Waals surface area contributed by atoms with E-state index in [0.717, 1.165) is 22.7 Å². The highest BCUT2D eigenvalue weighted by atomic mass is 15.1. The van der Waals surface area contributed by atoms with Crippen LogP contribution in [0.2, 0.25) is 0 Å². The van der Waals surface area contributed by atoms with Crippen LogP contribution in [0.25, 0.3) is 43.8 Å². The van der Waals surface area contributed by atoms with Crippen LogP contribution in [0.5, 0.6) is 0 Å². The fraction of sp³-hybridized carbons (Fsp3) is 0.125. The van der Waals surface area contributed by atoms with Crippen LogP contribution in [0.3, 0.4) is 0 Å². The first kappa shape index (κ1) is 39.9. The molecule has 0 amide bonds. The van der Waals surface area contributed by atoms with E-state index in [1.807, 2.05) is 0 Å². The molecule has 2 aliphatic rings. The van der Waals surface area contributed by atoms with Crippen molar-refractivity contribution in [3.63, 3.8) is 0 Å². The van der Waals surface area contributed by atoms with Gasteiger partial charge in [-0.25, -0.2) is 0 Å². The molecule has 2 aliphatic carbocycles. The zero-order valence-electron chi connectivity index (χ0n) is 38.5. The van der Waals surface area contributed by atoms with Crippen LogP contribution in [0, 0.1) is 27.7 Å². The van der Waals surface area contributed by atoms with Gasteiger partial charge in [-0.15, -0.1) is 0 Å². The number of nitrogens with zero attached hydrogens (tertiary/aromatic N) is 2. The van der Waals surface area contributed by atoms with Gasteiger partial charge >= 0.3 is 0 Å². The van der Waals surface area contributed by atoms with Crippen LogP contribution < -0.4 is 9.80 Å². The van der Waals surface area contributed by atoms with Crippen molar-refractivity contribution in [2.45, 2.75) is 52.4 Å². The fourth-order valence-electron chi connectivity index (χ4n) is 11.7. The first-order chi connectivity index (χ1) is 32.1. The van der Waals surface area contributed by atoms with Crippen LogP contribution in [0.1, 0.15) is 58.4 Å². The van der Waals surface area contributed by atoms with Gasteiger partial charge in [0.25, 0.3) is 0 Å². The Bertz CT molecular complexity index is 3200. The highest BCUT2D eigenvalue weighted by Crippen LogP contribution is 2.67. The summed E-state index contributed by atoms with van der Waals surface area (Å²) in [5, 5.41) is 5.00. The molecule has 12 rings (SSSR count). The van der Waals surface area contributed by atoms with Crippen LogP contribution in [-0.2, 0) is 10.8 Å². The number of hydrogen-bond donors (Lipinski definition) is 0. The largest absolute Gasteiger partial charge is 0.310 e. The summed E-state index contributed by atoms with van der Waals surface area (Å²) in [4.78, 5) is 4.97. The average Bonchev–Trinajstić information content (AvgIpc) is 3.77. The van der Waals surface area contributed by atoms with E-state index in [0.29, 0.717) is 0 Å². The minimum atomic E-state index is -0.524. The maximum atomic E-state index is 2.57. The van der Waals surface area contributed by atoms with Crippen molar-refractivity contribution in [1.29, 1.82) is 0 Å². The van der Waals surface area contributed by atoms with Gasteiger partial charge in [0.15, 0.2) is 0 Å². The molecule has 10 aromatic carbocycles. The van der Waals surface area contributed by atoms with Gasteiger partial charge in [0, 0.05) is 44.4 Å². The zero-order chi connectivity index (χ0) is 44.9. The summed E-state index contributed by atoms with van der Waals surface area (Å²) >= 11 is 0. The predicted molar refractivity (Wildman–Crippen MR) is 280 cm³/mol. The fourth-order valence-corrected chi connectivity index (χ4v) is 11.7. The summed E-state index contributed by atoms with van der Waals surface area (Å²) in [6.07, 6.45) is 0. The second-order valence-electron chi connectivity index (χ2n) is 19.1. The third-order valence-corrected chi connectivity index (χ3v) is 15.2. The first-order valence-corrected chi connectivity index (χ1v) is 23.3. The molecule has 0 bridgehead atoms. The third kappa shape index (κ3) is 5.74. The lowest BCUT2D eigenvalue weighted by molar-refractivity contribution is 0.376. The molecular weight excluding hydrogens is 797 g/mol. The number of rotatable bonds is 7. The summed E-state index contributed by atoms with van der Waals surface area (Å²) in [7, 11) is 0. The average molecular weight is 849 g/mol. The van der Waals surface area contributed by atoms with Gasteiger partial charge in [-0.1, -0.05) is 182 Å². The lowest BCUT2D eigenvalue weighted by Crippen LogP contribution is -2.44. The molecule has 0 aliphatic heterocycles. The summed E-state index contributed by atoms with van der Waals surface area (Å²) < 4.78 is 0. The SMILES string of the molecule is Cc1ccc(N(c2ccc(C)cc2)c2cc3c(c4ccccc24)-c2ccccc2C3(C)C2(C)c3ccccc3-c3c2cc(N(c2ccc(C)cc2)c2ccc(C)cc2)c2ccccc32)cc1. The molecule has 0 saturated carbocycles. The molecule has 0 aromatic heterocycles. The van der Waals surface area contributed by atoms with Gasteiger partial charge in [0.1, 0.15) is 0 Å². The van der Waals surface area contributed by atoms with E-state index in [1.165, 1.54) is 99.7 Å². The van der Waals surface area contributed by atoms with Crippen LogP contribution in [0.15, 0.2) is 206 Å². The first-order valence-electron chi connectivity index (χ1n) is 23.3. The van der Waals surface area contributed by atoms with Crippen molar-refractivity contribution in [2.24, 2.45) is 0 Å². The van der Waals surface area contributed by atoms with E-state index in [2.05, 4.69) is 258 Å². The van der Waals surface area contributed by atoms with E-state index >= 15 is 0 Å². The van der Waals surface area contributed by atoms with E-state index in [4.69, 9.17) is 0 Å². The van der Waals surface area contributed by atoms with Gasteiger partial charge in [0.2, 0.25) is 0 Å². The molecule has 10 aromatic rings. The lowest BCUT2D eigenvalue weighted by atomic mass is 9.56. The monoisotopic (exact) mass is 848 g/mol. The normalized spacial score (nSPS) is 16.8. The number of fused-ring (bicyclic) bond motifs is 10. The Hall–Kier alpha value is -7.68. The van der Waals surface area contributed by atoms with E-state index in [9.17, 15) is 0 Å². The summed E-state index contributed by atoms with van der Waals surface area (Å²) in [5.74, 6) is 0. The maximum Gasteiger partial charge on any atom is 0.0543 e. The summed E-state index contributed by atoms with van der Waals surface area (Å²) in [5.41, 5.74) is 21.5. The minimum Gasteiger partial charge on any atom is -0.310 e. The molecule has 0 radical (unpaired) electrons. The van der Waals surface area contributed by atoms with Crippen LogP contribution >= 0.6 is 0 Å². The Labute approximate surface area is 389 Å². The molecule has 0 spiro atoms. The Kier molecular flexibility index (Phi) is 9.03. The van der Waals surface area contributed by atoms with Crippen LogP contribution in [-0.4, -0.2) is 0 Å². The quantitative estimate of drug-likeness (QED) is 0.158. The smallest absolute Gasteiger partial charge is 0.0543 e. The Morgan fingerprint density at radius 1 is 0.288 bits per heavy atom. The van der Waals surface area contributed by atoms with Crippen molar-refractivity contribution in [1.82, 2.24) is 0 Å². The maximum absolute atomic E-state index is 2.57. The molecule has 2 nitrogen and oxygen atoms in total. The standard InChI is InChI=1S/C64H52N2/c1-41-23-31-45(32-24-41)65(46-33-25-42(2)26-34-46)59-39-57-61(51-17-9-7-15-49(51)59)53-19-11-13-21-55(53)63(57,5)64(6)56-22-14-12-20-54(56)62-52-18-10-8-16-50(52)60(40-58(62)64)66(47-35-27-43(3)28-36-47)48-37-29-44(4)30-38-48/h7-40H,1-6H3. The second-order valence-corrected chi connectivity index (χ2v) is 19.1. The van der Waals surface area contributed by atoms with E-state index in [1.54, 1.807) is 0 Å². The Morgan fingerprint density at radius 2 is 0.561 bits per heavy atom. The van der Waals surface area contributed by atoms with Gasteiger partial charge in [-0.3, -0.25) is 0 Å². The van der Waals surface area contributed by atoms with E-state index < -0.39 is 10.8 Å². The predicted octanol–water partition coefficient (Wildman–Crippen LogP) is 17.4. The van der Waals surface area contributed by atoms with Crippen molar-refractivity contribution >= 4 is 55.7 Å². The van der Waals surface area contributed by atoms with Gasteiger partial charge in [-0.05, 0) is 144 Å². The highest BCUT2D eigenvalue weighted by molar-refractivity contribution is 6.13. The number of benzene rings is 10. The molecule has 0 N–H and O–H groups in total. The Balaban J connectivity index is 1.19. The zero-order valence-corrected chi connectivity index (χ0v) is 38.5. The molecule has 66 heavy (non-hydrogen) atoms. The van der Waals surface area contributed by atoms with E-state index in [-0.39, 0.29) is 0 Å². The summed E-state index contributed by atoms with van der Waals surface area (Å²) in [6, 6.07) is 77.9. The topological polar surface area (TPSA) is 6.48 Å². The summed E-state index contributed by atoms with van der Waals surface area (Å²) in [6.45, 7) is 13.8. The minimum absolute atomic E-state index is 0.524. The second kappa shape index (κ2) is 14.9. The van der Waals surface area contributed by atoms with Gasteiger partial charge in [0.05, 0.1) is 11.4 Å². The molecule has 0 heterocycles. The molecular formula is C64H52N2. The number of hydrogen-bond acceptors (Lipinski definition) is 2. The number of aryl methyl sites for hydroxylation is 4. The van der Waals surface area contributed by atoms with Gasteiger partial charge < -0.3 is 9.80 Å². The molecule has 0 fully saturated rings. The number of anilines is 6. The Morgan fingerprint density at radius 3 is 0.879 bits per heavy atom. The molecule has 2 heteroatoms. The molecule has 2 atom stereocenters.